The molecular weight excluding hydrogens is 522 g/mol. The average molecular weight is 568 g/mol. The molecule has 2 heterocycles. The van der Waals surface area contributed by atoms with Crippen LogP contribution in [-0.4, -0.2) is 74.1 Å². The molecule has 2 N–H and O–H groups in total. The van der Waals surface area contributed by atoms with Gasteiger partial charge in [-0.2, -0.15) is 0 Å². The molecule has 41 heavy (non-hydrogen) atoms. The van der Waals surface area contributed by atoms with Crippen LogP contribution < -0.4 is 5.32 Å². The molecule has 0 aliphatic carbocycles. The zero-order valence-electron chi connectivity index (χ0n) is 25.6. The Kier molecular flexibility index (Phi) is 9.99. The number of hydrogen-bond donors (Lipinski definition) is 2. The van der Waals surface area contributed by atoms with E-state index in [1.54, 1.807) is 31.9 Å². The highest BCUT2D eigenvalue weighted by Crippen LogP contribution is 2.28. The highest BCUT2D eigenvalue weighted by molar-refractivity contribution is 5.98. The van der Waals surface area contributed by atoms with E-state index in [0.717, 1.165) is 5.56 Å². The van der Waals surface area contributed by atoms with Gasteiger partial charge in [-0.3, -0.25) is 9.59 Å². The van der Waals surface area contributed by atoms with Crippen LogP contribution in [0.15, 0.2) is 36.5 Å². The summed E-state index contributed by atoms with van der Waals surface area (Å²) in [4.78, 5) is 51.8. The number of nitrogens with zero attached hydrogens (tertiary/aromatic N) is 4. The number of carboxylic acid groups (broad SMARTS) is 1. The number of carbonyl (C=O) groups is 3. The Hall–Kier alpha value is -3.69. The lowest BCUT2D eigenvalue weighted by Gasteiger charge is -2.42. The summed E-state index contributed by atoms with van der Waals surface area (Å²) in [5.74, 6) is -1.05. The SMILES string of the molecule is CC(C)CN(C(=O)c1cnc(C(C)(C)C)nc1NCc1ccccc1)[C@H]1C[C@@H](C(=O)O)CN(C(=O)OC(C)(C)C)C1. The molecule has 1 aromatic heterocycles. The Morgan fingerprint density at radius 1 is 1.10 bits per heavy atom. The van der Waals surface area contributed by atoms with Gasteiger partial charge in [0.1, 0.15) is 22.8 Å². The molecule has 2 atom stereocenters. The number of piperidine rings is 1. The van der Waals surface area contributed by atoms with Crippen LogP contribution in [0.1, 0.15) is 83.6 Å². The molecule has 2 aromatic rings. The molecule has 1 aliphatic rings. The molecular formula is C31H45N5O5. The van der Waals surface area contributed by atoms with Crippen molar-refractivity contribution in [1.82, 2.24) is 19.8 Å². The number of nitrogens with one attached hydrogen (secondary N) is 1. The fourth-order valence-corrected chi connectivity index (χ4v) is 4.71. The maximum Gasteiger partial charge on any atom is 0.410 e. The number of carbonyl (C=O) groups excluding carboxylic acids is 2. The molecule has 0 radical (unpaired) electrons. The summed E-state index contributed by atoms with van der Waals surface area (Å²) in [5.41, 5.74) is 0.261. The molecule has 0 spiro atoms. The maximum absolute atomic E-state index is 14.3. The number of hydrogen-bond acceptors (Lipinski definition) is 7. The van der Waals surface area contributed by atoms with Crippen LogP contribution in [0.2, 0.25) is 0 Å². The molecule has 10 heteroatoms. The standard InChI is InChI=1S/C31H45N5O5/c1-20(2)17-36(23-14-22(27(38)39)18-35(19-23)29(40)41-31(6,7)8)26(37)24-16-33-28(30(3,4)5)34-25(24)32-15-21-12-10-9-11-13-21/h9-13,16,20,22-23H,14-15,17-19H2,1-8H3,(H,38,39)(H,32,33,34)/t22-,23+/m1/s1. The minimum absolute atomic E-state index is 0.0255. The van der Waals surface area contributed by atoms with Crippen LogP contribution in [-0.2, 0) is 21.5 Å². The number of benzene rings is 1. The van der Waals surface area contributed by atoms with E-state index < -0.39 is 29.6 Å². The second-order valence-corrected chi connectivity index (χ2v) is 13.2. The molecule has 2 amide bonds. The summed E-state index contributed by atoms with van der Waals surface area (Å²) in [6.45, 7) is 16.3. The Morgan fingerprint density at radius 3 is 2.32 bits per heavy atom. The Bertz CT molecular complexity index is 1220. The molecule has 1 aliphatic heterocycles. The van der Waals surface area contributed by atoms with Crippen molar-refractivity contribution < 1.29 is 24.2 Å². The molecule has 0 unspecified atom stereocenters. The van der Waals surface area contributed by atoms with Gasteiger partial charge >= 0.3 is 12.1 Å². The topological polar surface area (TPSA) is 125 Å². The Labute approximate surface area is 243 Å². The summed E-state index contributed by atoms with van der Waals surface area (Å²) in [6, 6.07) is 9.30. The van der Waals surface area contributed by atoms with E-state index in [4.69, 9.17) is 9.72 Å². The van der Waals surface area contributed by atoms with Gasteiger partial charge in [-0.1, -0.05) is 65.0 Å². The molecule has 1 aromatic carbocycles. The van der Waals surface area contributed by atoms with Crippen molar-refractivity contribution in [3.05, 3.63) is 53.5 Å². The Balaban J connectivity index is 1.99. The number of aromatic nitrogens is 2. The molecule has 1 saturated heterocycles. The smallest absolute Gasteiger partial charge is 0.410 e. The lowest BCUT2D eigenvalue weighted by atomic mass is 9.92. The Morgan fingerprint density at radius 2 is 1.76 bits per heavy atom. The average Bonchev–Trinajstić information content (AvgIpc) is 2.88. The first-order chi connectivity index (χ1) is 19.0. The normalized spacial score (nSPS) is 17.7. The highest BCUT2D eigenvalue weighted by atomic mass is 16.6. The third-order valence-electron chi connectivity index (χ3n) is 6.69. The molecule has 3 rings (SSSR count). The van der Waals surface area contributed by atoms with Gasteiger partial charge < -0.3 is 25.0 Å². The largest absolute Gasteiger partial charge is 0.481 e. The zero-order valence-corrected chi connectivity index (χ0v) is 25.6. The fourth-order valence-electron chi connectivity index (χ4n) is 4.71. The summed E-state index contributed by atoms with van der Waals surface area (Å²) in [5, 5.41) is 13.3. The van der Waals surface area contributed by atoms with Crippen LogP contribution in [0.5, 0.6) is 0 Å². The minimum atomic E-state index is -1.01. The fraction of sp³-hybridized carbons (Fsp3) is 0.581. The van der Waals surface area contributed by atoms with Gasteiger partial charge in [0.05, 0.1) is 12.0 Å². The summed E-state index contributed by atoms with van der Waals surface area (Å²) in [6.07, 6.45) is 1.19. The van der Waals surface area contributed by atoms with E-state index in [2.05, 4.69) is 10.3 Å². The number of anilines is 1. The van der Waals surface area contributed by atoms with Crippen molar-refractivity contribution in [2.75, 3.05) is 25.0 Å². The van der Waals surface area contributed by atoms with Crippen molar-refractivity contribution in [2.24, 2.45) is 11.8 Å². The van der Waals surface area contributed by atoms with E-state index in [1.165, 1.54) is 4.90 Å². The predicted molar refractivity (Wildman–Crippen MR) is 158 cm³/mol. The number of ether oxygens (including phenoxy) is 1. The van der Waals surface area contributed by atoms with E-state index in [1.807, 2.05) is 65.0 Å². The first-order valence-corrected chi connectivity index (χ1v) is 14.2. The van der Waals surface area contributed by atoms with Gasteiger partial charge in [-0.15, -0.1) is 0 Å². The third kappa shape index (κ3) is 8.90. The number of carboxylic acids is 1. The van der Waals surface area contributed by atoms with E-state index in [0.29, 0.717) is 30.3 Å². The predicted octanol–water partition coefficient (Wildman–Crippen LogP) is 5.19. The van der Waals surface area contributed by atoms with Crippen molar-refractivity contribution in [1.29, 1.82) is 0 Å². The minimum Gasteiger partial charge on any atom is -0.481 e. The summed E-state index contributed by atoms with van der Waals surface area (Å²) < 4.78 is 5.56. The van der Waals surface area contributed by atoms with E-state index in [9.17, 15) is 19.5 Å². The molecule has 224 valence electrons. The van der Waals surface area contributed by atoms with Crippen molar-refractivity contribution in [3.8, 4) is 0 Å². The van der Waals surface area contributed by atoms with Crippen LogP contribution in [0.3, 0.4) is 0 Å². The second kappa shape index (κ2) is 12.9. The lowest BCUT2D eigenvalue weighted by molar-refractivity contribution is -0.144. The molecule has 1 fully saturated rings. The first kappa shape index (κ1) is 31.8. The highest BCUT2D eigenvalue weighted by Gasteiger charge is 2.40. The number of rotatable bonds is 8. The van der Waals surface area contributed by atoms with Crippen LogP contribution >= 0.6 is 0 Å². The maximum atomic E-state index is 14.3. The summed E-state index contributed by atoms with van der Waals surface area (Å²) in [7, 11) is 0. The first-order valence-electron chi connectivity index (χ1n) is 14.2. The van der Waals surface area contributed by atoms with Crippen molar-refractivity contribution in [2.45, 2.75) is 85.4 Å². The van der Waals surface area contributed by atoms with Gasteiger partial charge in [0, 0.05) is 37.8 Å². The second-order valence-electron chi connectivity index (χ2n) is 13.2. The van der Waals surface area contributed by atoms with Gasteiger partial charge in [0.25, 0.3) is 5.91 Å². The van der Waals surface area contributed by atoms with Crippen molar-refractivity contribution in [3.63, 3.8) is 0 Å². The lowest BCUT2D eigenvalue weighted by Crippen LogP contribution is -2.56. The van der Waals surface area contributed by atoms with Crippen molar-refractivity contribution >= 4 is 23.8 Å². The van der Waals surface area contributed by atoms with E-state index >= 15 is 0 Å². The summed E-state index contributed by atoms with van der Waals surface area (Å²) >= 11 is 0. The molecule has 0 bridgehead atoms. The quantitative estimate of drug-likeness (QED) is 0.446. The zero-order chi connectivity index (χ0) is 30.5. The number of aliphatic carboxylic acids is 1. The monoisotopic (exact) mass is 567 g/mol. The molecule has 10 nitrogen and oxygen atoms in total. The molecule has 0 saturated carbocycles. The van der Waals surface area contributed by atoms with Gasteiger partial charge in [0.2, 0.25) is 0 Å². The van der Waals surface area contributed by atoms with Crippen LogP contribution in [0.25, 0.3) is 0 Å². The van der Waals surface area contributed by atoms with Gasteiger partial charge in [-0.05, 0) is 38.7 Å². The van der Waals surface area contributed by atoms with Crippen LogP contribution in [0, 0.1) is 11.8 Å². The third-order valence-corrected chi connectivity index (χ3v) is 6.69. The van der Waals surface area contributed by atoms with Crippen LogP contribution in [0.4, 0.5) is 10.6 Å². The number of amides is 2. The van der Waals surface area contributed by atoms with E-state index in [-0.39, 0.29) is 36.8 Å². The van der Waals surface area contributed by atoms with Gasteiger partial charge in [0.15, 0.2) is 0 Å². The number of likely N-dealkylation sites (tertiary alicyclic amines) is 1. The van der Waals surface area contributed by atoms with Gasteiger partial charge in [-0.25, -0.2) is 14.8 Å².